The normalized spacial score (nSPS) is 35.5. The van der Waals surface area contributed by atoms with Gasteiger partial charge >= 0.3 is 6.18 Å². The van der Waals surface area contributed by atoms with E-state index in [1.165, 1.54) is 20.8 Å². The quantitative estimate of drug-likeness (QED) is 0.573. The Hall–Kier alpha value is -0.290. The third-order valence-corrected chi connectivity index (χ3v) is 1.63. The van der Waals surface area contributed by atoms with Gasteiger partial charge in [0.2, 0.25) is 0 Å². The number of halogens is 3. The Morgan fingerprint density at radius 3 is 1.83 bits per heavy atom. The third kappa shape index (κ3) is 1.90. The number of hydrogen-bond donors (Lipinski definition) is 0. The summed E-state index contributed by atoms with van der Waals surface area (Å²) in [6, 6.07) is 0. The lowest BCUT2D eigenvalue weighted by molar-refractivity contribution is -0.233. The Morgan fingerprint density at radius 1 is 1.17 bits per heavy atom. The SMILES string of the molecule is CC1OC(C)(C)OC1C(F)(F)F. The van der Waals surface area contributed by atoms with Gasteiger partial charge in [-0.1, -0.05) is 0 Å². The van der Waals surface area contributed by atoms with Crippen LogP contribution in [0.1, 0.15) is 20.8 Å². The van der Waals surface area contributed by atoms with Gasteiger partial charge in [-0.3, -0.25) is 0 Å². The second-order valence-corrected chi connectivity index (χ2v) is 3.30. The second kappa shape index (κ2) is 2.60. The van der Waals surface area contributed by atoms with Crippen molar-refractivity contribution < 1.29 is 22.6 Å². The summed E-state index contributed by atoms with van der Waals surface area (Å²) in [5.74, 6) is -1.13. The minimum absolute atomic E-state index is 0.931. The topological polar surface area (TPSA) is 18.5 Å². The molecule has 0 N–H and O–H groups in total. The van der Waals surface area contributed by atoms with E-state index in [4.69, 9.17) is 4.74 Å². The fourth-order valence-electron chi connectivity index (χ4n) is 1.27. The van der Waals surface area contributed by atoms with Crippen molar-refractivity contribution in [1.82, 2.24) is 0 Å². The highest BCUT2D eigenvalue weighted by Gasteiger charge is 2.53. The molecule has 0 spiro atoms. The monoisotopic (exact) mass is 184 g/mol. The van der Waals surface area contributed by atoms with E-state index in [1.54, 1.807) is 0 Å². The van der Waals surface area contributed by atoms with Crippen molar-refractivity contribution in [3.8, 4) is 0 Å². The molecule has 1 heterocycles. The van der Waals surface area contributed by atoms with E-state index in [1.807, 2.05) is 0 Å². The average Bonchev–Trinajstić information content (AvgIpc) is 2.03. The lowest BCUT2D eigenvalue weighted by Gasteiger charge is -2.18. The molecule has 12 heavy (non-hydrogen) atoms. The Balaban J connectivity index is 2.71. The number of hydrogen-bond acceptors (Lipinski definition) is 2. The first-order chi connectivity index (χ1) is 5.22. The molecule has 72 valence electrons. The molecule has 0 aliphatic carbocycles. The first kappa shape index (κ1) is 9.80. The summed E-state index contributed by atoms with van der Waals surface area (Å²) in [6.45, 7) is 4.29. The zero-order chi connectivity index (χ0) is 9.57. The largest absolute Gasteiger partial charge is 0.417 e. The van der Waals surface area contributed by atoms with E-state index in [0.29, 0.717) is 0 Å². The van der Waals surface area contributed by atoms with Crippen molar-refractivity contribution in [3.05, 3.63) is 0 Å². The molecule has 0 aromatic rings. The lowest BCUT2D eigenvalue weighted by atomic mass is 10.2. The maximum atomic E-state index is 12.1. The minimum atomic E-state index is -4.34. The zero-order valence-electron chi connectivity index (χ0n) is 7.11. The molecule has 0 aromatic carbocycles. The highest BCUT2D eigenvalue weighted by atomic mass is 19.4. The van der Waals surface area contributed by atoms with Crippen molar-refractivity contribution in [2.45, 2.75) is 44.9 Å². The predicted molar refractivity (Wildman–Crippen MR) is 35.6 cm³/mol. The Labute approximate surface area is 68.6 Å². The van der Waals surface area contributed by atoms with Gasteiger partial charge in [-0.15, -0.1) is 0 Å². The Morgan fingerprint density at radius 2 is 1.67 bits per heavy atom. The Kier molecular flexibility index (Phi) is 2.12. The van der Waals surface area contributed by atoms with Gasteiger partial charge in [0.05, 0.1) is 6.10 Å². The van der Waals surface area contributed by atoms with Crippen molar-refractivity contribution in [2.75, 3.05) is 0 Å². The van der Waals surface area contributed by atoms with E-state index in [-0.39, 0.29) is 0 Å². The first-order valence-electron chi connectivity index (χ1n) is 3.65. The summed E-state index contributed by atoms with van der Waals surface area (Å²) in [5.41, 5.74) is 0. The fraction of sp³-hybridized carbons (Fsp3) is 1.00. The third-order valence-electron chi connectivity index (χ3n) is 1.63. The molecule has 5 heteroatoms. The smallest absolute Gasteiger partial charge is 0.344 e. The van der Waals surface area contributed by atoms with Crippen molar-refractivity contribution >= 4 is 0 Å². The highest BCUT2D eigenvalue weighted by molar-refractivity contribution is 4.83. The minimum Gasteiger partial charge on any atom is -0.344 e. The maximum absolute atomic E-state index is 12.1. The van der Waals surface area contributed by atoms with Gasteiger partial charge in [-0.2, -0.15) is 13.2 Å². The summed E-state index contributed by atoms with van der Waals surface area (Å²) < 4.78 is 46.1. The molecule has 1 saturated heterocycles. The second-order valence-electron chi connectivity index (χ2n) is 3.30. The molecule has 1 aliphatic heterocycles. The lowest BCUT2D eigenvalue weighted by Crippen LogP contribution is -2.36. The van der Waals surface area contributed by atoms with Crippen molar-refractivity contribution in [2.24, 2.45) is 0 Å². The van der Waals surface area contributed by atoms with E-state index in [0.717, 1.165) is 0 Å². The van der Waals surface area contributed by atoms with Gasteiger partial charge in [0, 0.05) is 0 Å². The zero-order valence-corrected chi connectivity index (χ0v) is 7.11. The summed E-state index contributed by atoms with van der Waals surface area (Å²) in [4.78, 5) is 0. The fourth-order valence-corrected chi connectivity index (χ4v) is 1.27. The summed E-state index contributed by atoms with van der Waals surface area (Å²) in [6.07, 6.45) is -7.07. The first-order valence-corrected chi connectivity index (χ1v) is 3.65. The predicted octanol–water partition coefficient (Wildman–Crippen LogP) is 2.09. The molecular formula is C7H11F3O2. The van der Waals surface area contributed by atoms with Crippen molar-refractivity contribution in [1.29, 1.82) is 0 Å². The molecule has 0 bridgehead atoms. The van der Waals surface area contributed by atoms with E-state index < -0.39 is 24.2 Å². The number of ether oxygens (including phenoxy) is 2. The van der Waals surface area contributed by atoms with Gasteiger partial charge in [0.15, 0.2) is 11.9 Å². The van der Waals surface area contributed by atoms with Crippen LogP contribution in [0.4, 0.5) is 13.2 Å². The van der Waals surface area contributed by atoms with Crippen LogP contribution >= 0.6 is 0 Å². The van der Waals surface area contributed by atoms with Crippen LogP contribution in [0.3, 0.4) is 0 Å². The molecule has 1 aliphatic rings. The van der Waals surface area contributed by atoms with E-state index >= 15 is 0 Å². The standard InChI is InChI=1S/C7H11F3O2/c1-4-5(7(8,9)10)12-6(2,3)11-4/h4-5H,1-3H3. The summed E-state index contributed by atoms with van der Waals surface area (Å²) >= 11 is 0. The summed E-state index contributed by atoms with van der Waals surface area (Å²) in [5, 5.41) is 0. The van der Waals surface area contributed by atoms with Crippen molar-refractivity contribution in [3.63, 3.8) is 0 Å². The molecule has 0 aromatic heterocycles. The molecule has 0 saturated carbocycles. The van der Waals surface area contributed by atoms with Crippen LogP contribution in [0, 0.1) is 0 Å². The molecule has 2 nitrogen and oxygen atoms in total. The average molecular weight is 184 g/mol. The van der Waals surface area contributed by atoms with Crippen LogP contribution < -0.4 is 0 Å². The van der Waals surface area contributed by atoms with Crippen LogP contribution in [0.5, 0.6) is 0 Å². The van der Waals surface area contributed by atoms with Crippen LogP contribution in [0.15, 0.2) is 0 Å². The molecule has 0 amide bonds. The van der Waals surface area contributed by atoms with Crippen LogP contribution in [-0.2, 0) is 9.47 Å². The van der Waals surface area contributed by atoms with Gasteiger partial charge in [0.25, 0.3) is 0 Å². The molecule has 2 unspecified atom stereocenters. The van der Waals surface area contributed by atoms with Crippen LogP contribution in [-0.4, -0.2) is 24.2 Å². The molecule has 2 atom stereocenters. The Bertz CT molecular complexity index is 176. The van der Waals surface area contributed by atoms with Gasteiger partial charge < -0.3 is 9.47 Å². The molecule has 0 radical (unpaired) electrons. The van der Waals surface area contributed by atoms with Gasteiger partial charge in [0.1, 0.15) is 0 Å². The number of rotatable bonds is 0. The van der Waals surface area contributed by atoms with E-state index in [2.05, 4.69) is 4.74 Å². The maximum Gasteiger partial charge on any atom is 0.417 e. The molecule has 1 rings (SSSR count). The van der Waals surface area contributed by atoms with Crippen LogP contribution in [0.2, 0.25) is 0 Å². The van der Waals surface area contributed by atoms with Gasteiger partial charge in [-0.25, -0.2) is 0 Å². The van der Waals surface area contributed by atoms with Crippen LogP contribution in [0.25, 0.3) is 0 Å². The summed E-state index contributed by atoms with van der Waals surface area (Å²) in [7, 11) is 0. The van der Waals surface area contributed by atoms with E-state index in [9.17, 15) is 13.2 Å². The molecule has 1 fully saturated rings. The highest BCUT2D eigenvalue weighted by Crippen LogP contribution is 2.37. The number of alkyl halides is 3. The van der Waals surface area contributed by atoms with Gasteiger partial charge in [-0.05, 0) is 20.8 Å². The molecular weight excluding hydrogens is 173 g/mol.